The number of rotatable bonds is 2. The third kappa shape index (κ3) is 1.22. The Morgan fingerprint density at radius 2 is 2.19 bits per heavy atom. The van der Waals surface area contributed by atoms with E-state index in [-0.39, 0.29) is 5.54 Å². The lowest BCUT2D eigenvalue weighted by Crippen LogP contribution is -2.31. The third-order valence-corrected chi connectivity index (χ3v) is 3.43. The van der Waals surface area contributed by atoms with Crippen molar-refractivity contribution in [2.75, 3.05) is 0 Å². The zero-order valence-electron chi connectivity index (χ0n) is 8.77. The summed E-state index contributed by atoms with van der Waals surface area (Å²) in [4.78, 5) is 14.5. The van der Waals surface area contributed by atoms with Crippen LogP contribution < -0.4 is 0 Å². The molecule has 1 aromatic carbocycles. The maximum absolute atomic E-state index is 10.5. The second kappa shape index (κ2) is 3.32. The minimum absolute atomic E-state index is 0.312. The summed E-state index contributed by atoms with van der Waals surface area (Å²) >= 11 is 0. The Morgan fingerprint density at radius 3 is 2.88 bits per heavy atom. The summed E-state index contributed by atoms with van der Waals surface area (Å²) in [6.45, 7) is 0. The van der Waals surface area contributed by atoms with Crippen LogP contribution in [0.2, 0.25) is 0 Å². The number of carbonyl (C=O) groups excluding carboxylic acids is 1. The monoisotopic (exact) mass is 213 g/mol. The normalized spacial score (nSPS) is 17.8. The van der Waals surface area contributed by atoms with Crippen LogP contribution in [0.1, 0.15) is 24.8 Å². The van der Waals surface area contributed by atoms with Crippen molar-refractivity contribution in [1.29, 1.82) is 0 Å². The van der Waals surface area contributed by atoms with Gasteiger partial charge in [-0.1, -0.05) is 6.07 Å². The average molecular weight is 213 g/mol. The molecule has 0 radical (unpaired) electrons. The predicted octanol–water partition coefficient (Wildman–Crippen LogP) is 3.15. The van der Waals surface area contributed by atoms with E-state index in [9.17, 15) is 4.79 Å². The summed E-state index contributed by atoms with van der Waals surface area (Å²) in [5, 5.41) is 1.06. The molecule has 3 nitrogen and oxygen atoms in total. The lowest BCUT2D eigenvalue weighted by atomic mass is 9.72. The molecule has 1 heterocycles. The van der Waals surface area contributed by atoms with Crippen LogP contribution in [0.3, 0.4) is 0 Å². The molecule has 1 fully saturated rings. The summed E-state index contributed by atoms with van der Waals surface area (Å²) in [7, 11) is 0. The SMILES string of the molecule is O=C=NC1(c2ccc3occc3c2)CCC1. The van der Waals surface area contributed by atoms with Crippen molar-refractivity contribution in [2.45, 2.75) is 24.8 Å². The van der Waals surface area contributed by atoms with Crippen molar-refractivity contribution < 1.29 is 9.21 Å². The number of aliphatic imine (C=N–C) groups is 1. The van der Waals surface area contributed by atoms with Crippen molar-refractivity contribution in [2.24, 2.45) is 4.99 Å². The van der Waals surface area contributed by atoms with Gasteiger partial charge >= 0.3 is 0 Å². The highest BCUT2D eigenvalue weighted by molar-refractivity contribution is 5.78. The van der Waals surface area contributed by atoms with E-state index in [4.69, 9.17) is 4.42 Å². The van der Waals surface area contributed by atoms with E-state index in [1.807, 2.05) is 18.2 Å². The Labute approximate surface area is 92.8 Å². The molecule has 80 valence electrons. The molecular formula is C13H11NO2. The Balaban J connectivity index is 2.13. The average Bonchev–Trinajstić information content (AvgIpc) is 2.70. The van der Waals surface area contributed by atoms with Crippen LogP contribution in [0.15, 0.2) is 39.9 Å². The molecule has 2 aromatic rings. The molecule has 16 heavy (non-hydrogen) atoms. The molecule has 3 rings (SSSR count). The van der Waals surface area contributed by atoms with Crippen LogP contribution in [0.5, 0.6) is 0 Å². The van der Waals surface area contributed by atoms with Gasteiger partial charge in [-0.15, -0.1) is 0 Å². The highest BCUT2D eigenvalue weighted by Crippen LogP contribution is 2.45. The van der Waals surface area contributed by atoms with E-state index in [1.165, 1.54) is 0 Å². The molecule has 3 heteroatoms. The van der Waals surface area contributed by atoms with Gasteiger partial charge in [0.15, 0.2) is 0 Å². The molecule has 0 bridgehead atoms. The fourth-order valence-corrected chi connectivity index (χ4v) is 2.32. The van der Waals surface area contributed by atoms with Gasteiger partial charge in [-0.25, -0.2) is 4.79 Å². The first-order chi connectivity index (χ1) is 7.84. The zero-order valence-corrected chi connectivity index (χ0v) is 8.77. The van der Waals surface area contributed by atoms with Gasteiger partial charge in [0.1, 0.15) is 5.58 Å². The summed E-state index contributed by atoms with van der Waals surface area (Å²) in [5.74, 6) is 0. The van der Waals surface area contributed by atoms with Gasteiger partial charge in [0.25, 0.3) is 0 Å². The van der Waals surface area contributed by atoms with Crippen LogP contribution in [-0.2, 0) is 10.3 Å². The van der Waals surface area contributed by atoms with Crippen molar-refractivity contribution in [1.82, 2.24) is 0 Å². The molecule has 1 aromatic heterocycles. The first-order valence-corrected chi connectivity index (χ1v) is 5.41. The summed E-state index contributed by atoms with van der Waals surface area (Å²) in [6.07, 6.45) is 6.37. The molecule has 1 aliphatic carbocycles. The van der Waals surface area contributed by atoms with Gasteiger partial charge in [0.2, 0.25) is 6.08 Å². The second-order valence-corrected chi connectivity index (χ2v) is 4.26. The van der Waals surface area contributed by atoms with Crippen molar-refractivity contribution in [3.05, 3.63) is 36.1 Å². The Hall–Kier alpha value is -1.86. The Kier molecular flexibility index (Phi) is 1.95. The molecular weight excluding hydrogens is 202 g/mol. The van der Waals surface area contributed by atoms with Crippen molar-refractivity contribution in [3.8, 4) is 0 Å². The van der Waals surface area contributed by atoms with Gasteiger partial charge in [0, 0.05) is 5.39 Å². The fraction of sp³-hybridized carbons (Fsp3) is 0.308. The number of nitrogens with zero attached hydrogens (tertiary/aromatic N) is 1. The van der Waals surface area contributed by atoms with E-state index in [0.29, 0.717) is 0 Å². The molecule has 0 amide bonds. The first-order valence-electron chi connectivity index (χ1n) is 5.41. The van der Waals surface area contributed by atoms with Crippen molar-refractivity contribution in [3.63, 3.8) is 0 Å². The van der Waals surface area contributed by atoms with Crippen LogP contribution >= 0.6 is 0 Å². The molecule has 0 aliphatic heterocycles. The topological polar surface area (TPSA) is 42.6 Å². The molecule has 1 aliphatic rings. The summed E-state index contributed by atoms with van der Waals surface area (Å²) in [5.41, 5.74) is 1.65. The van der Waals surface area contributed by atoms with Gasteiger partial charge in [-0.05, 0) is 43.0 Å². The van der Waals surface area contributed by atoms with E-state index >= 15 is 0 Å². The highest BCUT2D eigenvalue weighted by atomic mass is 16.3. The Bertz CT molecular complexity index is 574. The summed E-state index contributed by atoms with van der Waals surface area (Å²) in [6, 6.07) is 7.91. The van der Waals surface area contributed by atoms with E-state index in [1.54, 1.807) is 12.3 Å². The number of hydrogen-bond acceptors (Lipinski definition) is 3. The largest absolute Gasteiger partial charge is 0.464 e. The molecule has 0 N–H and O–H groups in total. The maximum Gasteiger partial charge on any atom is 0.235 e. The van der Waals surface area contributed by atoms with Crippen LogP contribution in [0.25, 0.3) is 11.0 Å². The molecule has 1 saturated carbocycles. The smallest absolute Gasteiger partial charge is 0.235 e. The molecule has 0 spiro atoms. The maximum atomic E-state index is 10.5. The minimum atomic E-state index is -0.312. The molecule has 0 saturated heterocycles. The number of isocyanates is 1. The zero-order chi connectivity index (χ0) is 11.0. The standard InChI is InChI=1S/C13H11NO2/c15-9-14-13(5-1-6-13)11-2-3-12-10(8-11)4-7-16-12/h2-4,7-8H,1,5-6H2. The van der Waals surface area contributed by atoms with Gasteiger partial charge in [0.05, 0.1) is 11.8 Å². The van der Waals surface area contributed by atoms with E-state index < -0.39 is 0 Å². The van der Waals surface area contributed by atoms with E-state index in [0.717, 1.165) is 35.8 Å². The van der Waals surface area contributed by atoms with E-state index in [2.05, 4.69) is 11.1 Å². The van der Waals surface area contributed by atoms with Gasteiger partial charge < -0.3 is 4.42 Å². The summed E-state index contributed by atoms with van der Waals surface area (Å²) < 4.78 is 5.29. The minimum Gasteiger partial charge on any atom is -0.464 e. The molecule has 0 unspecified atom stereocenters. The third-order valence-electron chi connectivity index (χ3n) is 3.43. The molecule has 0 atom stereocenters. The second-order valence-electron chi connectivity index (χ2n) is 4.26. The Morgan fingerprint density at radius 1 is 1.31 bits per heavy atom. The first kappa shape index (κ1) is 9.37. The number of benzene rings is 1. The highest BCUT2D eigenvalue weighted by Gasteiger charge is 2.38. The van der Waals surface area contributed by atoms with Crippen LogP contribution in [0, 0.1) is 0 Å². The fourth-order valence-electron chi connectivity index (χ4n) is 2.32. The van der Waals surface area contributed by atoms with Crippen LogP contribution in [-0.4, -0.2) is 6.08 Å². The van der Waals surface area contributed by atoms with Crippen molar-refractivity contribution >= 4 is 17.0 Å². The lowest BCUT2D eigenvalue weighted by Gasteiger charge is -2.37. The van der Waals surface area contributed by atoms with Gasteiger partial charge in [-0.2, -0.15) is 4.99 Å². The quantitative estimate of drug-likeness (QED) is 0.568. The predicted molar refractivity (Wildman–Crippen MR) is 59.9 cm³/mol. The number of furan rings is 1. The van der Waals surface area contributed by atoms with Crippen LogP contribution in [0.4, 0.5) is 0 Å². The lowest BCUT2D eigenvalue weighted by molar-refractivity contribution is 0.256. The number of fused-ring (bicyclic) bond motifs is 1. The van der Waals surface area contributed by atoms with Gasteiger partial charge in [-0.3, -0.25) is 0 Å². The number of hydrogen-bond donors (Lipinski definition) is 0.